The SMILES string of the molecule is CCCCCCCCCCCCCC[C@@H](O)[C@@H](O)[C@H](CO[C@H]1O[C@H](CO)[C@H](O)[C@H](O)[C@H]1O)NC(=O)[C@H](Cc1ccccc1)NC(=O)OC(C)(C)C. The maximum Gasteiger partial charge on any atom is 0.408 e. The van der Waals surface area contributed by atoms with Crippen molar-refractivity contribution >= 4 is 12.0 Å². The van der Waals surface area contributed by atoms with Crippen LogP contribution in [0.1, 0.15) is 117 Å². The molecule has 51 heavy (non-hydrogen) atoms. The third-order valence-electron chi connectivity index (χ3n) is 9.07. The molecule has 1 aliphatic rings. The first kappa shape index (κ1) is 44.8. The van der Waals surface area contributed by atoms with Crippen LogP contribution < -0.4 is 10.6 Å². The molecule has 0 spiro atoms. The van der Waals surface area contributed by atoms with E-state index in [9.17, 15) is 40.2 Å². The Hall–Kier alpha value is -2.36. The van der Waals surface area contributed by atoms with Crippen LogP contribution in [0.3, 0.4) is 0 Å². The Kier molecular flexibility index (Phi) is 21.1. The van der Waals surface area contributed by atoms with Crippen molar-refractivity contribution in [2.75, 3.05) is 13.2 Å². The van der Waals surface area contributed by atoms with Crippen LogP contribution in [0.2, 0.25) is 0 Å². The lowest BCUT2D eigenvalue weighted by Gasteiger charge is -2.40. The topological polar surface area (TPSA) is 207 Å². The number of hydrogen-bond donors (Lipinski definition) is 8. The predicted octanol–water partition coefficient (Wildman–Crippen LogP) is 3.24. The molecular formula is C38H66N2O11. The van der Waals surface area contributed by atoms with Crippen molar-refractivity contribution < 1.29 is 54.4 Å². The standard InChI is InChI=1S/C38H66N2O11/c1-5-6-7-8-9-10-11-12-13-14-15-19-22-29(42)31(43)28(25-49-36-34(46)33(45)32(44)30(24-41)50-36)39-35(47)27(23-26-20-17-16-18-21-26)40-37(48)51-38(2,3)4/h16-18,20-21,27-34,36,41-46H,5-15,19,22-25H2,1-4H3,(H,39,47)(H,40,48)/t27-,28-,29+,30+,31-,32-,33-,34+,36-/m0/s1. The van der Waals surface area contributed by atoms with Crippen molar-refractivity contribution in [3.8, 4) is 0 Å². The van der Waals surface area contributed by atoms with Gasteiger partial charge in [-0.05, 0) is 32.8 Å². The van der Waals surface area contributed by atoms with Crippen LogP contribution >= 0.6 is 0 Å². The third kappa shape index (κ3) is 17.3. The maximum atomic E-state index is 13.8. The summed E-state index contributed by atoms with van der Waals surface area (Å²) in [6.07, 6.45) is 2.75. The Bertz CT molecular complexity index is 1090. The van der Waals surface area contributed by atoms with Gasteiger partial charge in [0.25, 0.3) is 0 Å². The molecule has 1 fully saturated rings. The number of amides is 2. The highest BCUT2D eigenvalue weighted by molar-refractivity contribution is 5.86. The number of hydrogen-bond acceptors (Lipinski definition) is 11. The van der Waals surface area contributed by atoms with E-state index in [0.29, 0.717) is 6.42 Å². The summed E-state index contributed by atoms with van der Waals surface area (Å²) in [7, 11) is 0. The van der Waals surface area contributed by atoms with Crippen molar-refractivity contribution in [1.82, 2.24) is 10.6 Å². The number of nitrogens with one attached hydrogen (secondary N) is 2. The van der Waals surface area contributed by atoms with E-state index in [1.54, 1.807) is 45.0 Å². The van der Waals surface area contributed by atoms with Gasteiger partial charge in [0.15, 0.2) is 6.29 Å². The first-order valence-electron chi connectivity index (χ1n) is 18.9. The van der Waals surface area contributed by atoms with Crippen LogP contribution in [-0.2, 0) is 25.4 Å². The number of unbranched alkanes of at least 4 members (excludes halogenated alkanes) is 11. The zero-order chi connectivity index (χ0) is 37.8. The predicted molar refractivity (Wildman–Crippen MR) is 193 cm³/mol. The second-order valence-corrected chi connectivity index (χ2v) is 14.8. The molecule has 2 amide bonds. The second kappa shape index (κ2) is 24.1. The molecule has 0 bridgehead atoms. The van der Waals surface area contributed by atoms with Gasteiger partial charge in [0.2, 0.25) is 5.91 Å². The highest BCUT2D eigenvalue weighted by Gasteiger charge is 2.44. The number of alkyl carbamates (subject to hydrolysis) is 1. The van der Waals surface area contributed by atoms with E-state index in [1.807, 2.05) is 6.07 Å². The van der Waals surface area contributed by atoms with Gasteiger partial charge in [0.05, 0.1) is 25.4 Å². The lowest BCUT2D eigenvalue weighted by molar-refractivity contribution is -0.303. The molecule has 294 valence electrons. The molecule has 0 aliphatic carbocycles. The quantitative estimate of drug-likeness (QED) is 0.0726. The van der Waals surface area contributed by atoms with Crippen molar-refractivity contribution in [2.24, 2.45) is 0 Å². The van der Waals surface area contributed by atoms with Gasteiger partial charge < -0.3 is 55.5 Å². The molecular weight excluding hydrogens is 660 g/mol. The van der Waals surface area contributed by atoms with Crippen LogP contribution in [0.4, 0.5) is 4.79 Å². The lowest BCUT2D eigenvalue weighted by atomic mass is 9.98. The minimum absolute atomic E-state index is 0.0870. The Morgan fingerprint density at radius 3 is 1.94 bits per heavy atom. The highest BCUT2D eigenvalue weighted by atomic mass is 16.7. The van der Waals surface area contributed by atoms with Gasteiger partial charge in [-0.2, -0.15) is 0 Å². The first-order chi connectivity index (χ1) is 24.3. The molecule has 13 heteroatoms. The first-order valence-corrected chi connectivity index (χ1v) is 18.9. The van der Waals surface area contributed by atoms with E-state index in [2.05, 4.69) is 17.6 Å². The average Bonchev–Trinajstić information content (AvgIpc) is 3.09. The van der Waals surface area contributed by atoms with Crippen LogP contribution in [0.5, 0.6) is 0 Å². The van der Waals surface area contributed by atoms with Crippen molar-refractivity contribution in [2.45, 2.75) is 178 Å². The summed E-state index contributed by atoms with van der Waals surface area (Å²) in [6.45, 7) is 6.15. The van der Waals surface area contributed by atoms with Gasteiger partial charge in [-0.15, -0.1) is 0 Å². The number of ether oxygens (including phenoxy) is 3. The van der Waals surface area contributed by atoms with Gasteiger partial charge in [-0.1, -0.05) is 114 Å². The smallest absolute Gasteiger partial charge is 0.408 e. The molecule has 2 rings (SSSR count). The highest BCUT2D eigenvalue weighted by Crippen LogP contribution is 2.23. The Morgan fingerprint density at radius 1 is 0.824 bits per heavy atom. The molecule has 8 N–H and O–H groups in total. The fourth-order valence-electron chi connectivity index (χ4n) is 6.05. The van der Waals surface area contributed by atoms with Crippen LogP contribution in [0, 0.1) is 0 Å². The molecule has 1 heterocycles. The monoisotopic (exact) mass is 726 g/mol. The number of carbonyl (C=O) groups excluding carboxylic acids is 2. The summed E-state index contributed by atoms with van der Waals surface area (Å²) in [5, 5.41) is 68.0. The fourth-order valence-corrected chi connectivity index (χ4v) is 6.05. The molecule has 0 aromatic heterocycles. The second-order valence-electron chi connectivity index (χ2n) is 14.8. The molecule has 13 nitrogen and oxygen atoms in total. The van der Waals surface area contributed by atoms with Crippen LogP contribution in [0.25, 0.3) is 0 Å². The fraction of sp³-hybridized carbons (Fsp3) is 0.789. The molecule has 1 aromatic carbocycles. The number of rotatable bonds is 24. The largest absolute Gasteiger partial charge is 0.444 e. The Balaban J connectivity index is 2.07. The van der Waals surface area contributed by atoms with E-state index < -0.39 is 85.8 Å². The summed E-state index contributed by atoms with van der Waals surface area (Å²) < 4.78 is 16.5. The number of carbonyl (C=O) groups is 2. The summed E-state index contributed by atoms with van der Waals surface area (Å²) in [5.41, 5.74) is -0.0798. The van der Waals surface area contributed by atoms with Crippen molar-refractivity contribution in [3.05, 3.63) is 35.9 Å². The minimum Gasteiger partial charge on any atom is -0.444 e. The van der Waals surface area contributed by atoms with E-state index in [0.717, 1.165) is 24.8 Å². The minimum atomic E-state index is -1.71. The van der Waals surface area contributed by atoms with Crippen molar-refractivity contribution in [3.63, 3.8) is 0 Å². The van der Waals surface area contributed by atoms with Crippen LogP contribution in [0.15, 0.2) is 30.3 Å². The normalized spacial score (nSPS) is 23.2. The van der Waals surface area contributed by atoms with E-state index >= 15 is 0 Å². The molecule has 0 unspecified atom stereocenters. The van der Waals surface area contributed by atoms with E-state index in [1.165, 1.54) is 51.4 Å². The number of aliphatic hydroxyl groups is 6. The summed E-state index contributed by atoms with van der Waals surface area (Å²) in [4.78, 5) is 26.5. The Morgan fingerprint density at radius 2 is 1.39 bits per heavy atom. The van der Waals surface area contributed by atoms with Crippen molar-refractivity contribution in [1.29, 1.82) is 0 Å². The molecule has 0 saturated carbocycles. The summed E-state index contributed by atoms with van der Waals surface area (Å²) >= 11 is 0. The van der Waals surface area contributed by atoms with E-state index in [4.69, 9.17) is 14.2 Å². The van der Waals surface area contributed by atoms with Gasteiger partial charge in [-0.3, -0.25) is 4.79 Å². The van der Waals surface area contributed by atoms with Gasteiger partial charge in [0.1, 0.15) is 42.2 Å². The molecule has 1 aromatic rings. The Labute approximate surface area is 304 Å². The average molecular weight is 727 g/mol. The maximum absolute atomic E-state index is 13.8. The zero-order valence-corrected chi connectivity index (χ0v) is 31.1. The third-order valence-corrected chi connectivity index (χ3v) is 9.07. The lowest BCUT2D eigenvalue weighted by Crippen LogP contribution is -2.61. The number of benzene rings is 1. The molecule has 9 atom stereocenters. The summed E-state index contributed by atoms with van der Waals surface area (Å²) in [5.74, 6) is -0.691. The molecule has 0 radical (unpaired) electrons. The van der Waals surface area contributed by atoms with Gasteiger partial charge in [0, 0.05) is 6.42 Å². The van der Waals surface area contributed by atoms with E-state index in [-0.39, 0.29) is 12.8 Å². The zero-order valence-electron chi connectivity index (χ0n) is 31.1. The molecule has 1 saturated heterocycles. The van der Waals surface area contributed by atoms with Crippen LogP contribution in [-0.4, -0.2) is 116 Å². The summed E-state index contributed by atoms with van der Waals surface area (Å²) in [6, 6.07) is 6.61. The van der Waals surface area contributed by atoms with Gasteiger partial charge in [-0.25, -0.2) is 4.79 Å². The van der Waals surface area contributed by atoms with Gasteiger partial charge >= 0.3 is 6.09 Å². The molecule has 1 aliphatic heterocycles. The number of aliphatic hydroxyl groups excluding tert-OH is 6.